The summed E-state index contributed by atoms with van der Waals surface area (Å²) < 4.78 is 0. The molecule has 2 unspecified atom stereocenters. The Kier molecular flexibility index (Phi) is 4.51. The average Bonchev–Trinajstić information content (AvgIpc) is 3.19. The second-order valence-corrected chi connectivity index (χ2v) is 6.68. The molecule has 0 aromatic heterocycles. The van der Waals surface area contributed by atoms with E-state index in [2.05, 4.69) is 31.1 Å². The van der Waals surface area contributed by atoms with Crippen LogP contribution >= 0.6 is 0 Å². The molecule has 2 N–H and O–H groups in total. The molecule has 0 aromatic carbocycles. The maximum absolute atomic E-state index is 11.9. The molecule has 110 valence electrons. The van der Waals surface area contributed by atoms with Gasteiger partial charge in [0.25, 0.3) is 0 Å². The first-order chi connectivity index (χ1) is 8.98. The lowest BCUT2D eigenvalue weighted by atomic mass is 9.91. The summed E-state index contributed by atoms with van der Waals surface area (Å²) >= 11 is 0. The molecule has 0 amide bonds. The molecule has 19 heavy (non-hydrogen) atoms. The first-order valence-corrected chi connectivity index (χ1v) is 7.67. The molecule has 0 saturated heterocycles. The van der Waals surface area contributed by atoms with Crippen molar-refractivity contribution in [3.63, 3.8) is 0 Å². The number of carbonyl (C=O) groups is 1. The van der Waals surface area contributed by atoms with E-state index < -0.39 is 11.5 Å². The summed E-state index contributed by atoms with van der Waals surface area (Å²) in [5.74, 6) is 0.291. The summed E-state index contributed by atoms with van der Waals surface area (Å²) in [6.45, 7) is 6.02. The van der Waals surface area contributed by atoms with E-state index >= 15 is 0 Å². The van der Waals surface area contributed by atoms with Crippen molar-refractivity contribution in [2.45, 2.75) is 57.5 Å². The minimum atomic E-state index is -0.705. The first kappa shape index (κ1) is 14.8. The number of hydrogen-bond acceptors (Lipinski definition) is 3. The van der Waals surface area contributed by atoms with Crippen LogP contribution in [0.4, 0.5) is 0 Å². The lowest BCUT2D eigenvalue weighted by Gasteiger charge is -2.35. The number of hydrogen-bond donors (Lipinski definition) is 2. The van der Waals surface area contributed by atoms with Gasteiger partial charge in [-0.25, -0.2) is 0 Å². The van der Waals surface area contributed by atoms with Crippen molar-refractivity contribution in [2.24, 2.45) is 11.8 Å². The zero-order chi connectivity index (χ0) is 14.0. The third-order valence-corrected chi connectivity index (χ3v) is 4.53. The summed E-state index contributed by atoms with van der Waals surface area (Å²) in [6, 6.07) is 0.439. The maximum atomic E-state index is 11.9. The van der Waals surface area contributed by atoms with E-state index in [1.165, 1.54) is 0 Å². The van der Waals surface area contributed by atoms with Crippen molar-refractivity contribution in [2.75, 3.05) is 20.1 Å². The normalized spacial score (nSPS) is 24.2. The summed E-state index contributed by atoms with van der Waals surface area (Å²) in [5, 5.41) is 13.2. The van der Waals surface area contributed by atoms with Gasteiger partial charge in [-0.2, -0.15) is 0 Å². The van der Waals surface area contributed by atoms with E-state index in [9.17, 15) is 9.90 Å². The second-order valence-electron chi connectivity index (χ2n) is 6.68. The molecule has 4 heteroatoms. The molecule has 0 heterocycles. The molecule has 2 saturated carbocycles. The number of nitrogens with zero attached hydrogens (tertiary/aromatic N) is 1. The summed E-state index contributed by atoms with van der Waals surface area (Å²) in [5.41, 5.74) is -0.705. The predicted molar refractivity (Wildman–Crippen MR) is 76.2 cm³/mol. The summed E-state index contributed by atoms with van der Waals surface area (Å²) in [4.78, 5) is 14.1. The van der Waals surface area contributed by atoms with E-state index in [0.29, 0.717) is 24.4 Å². The summed E-state index contributed by atoms with van der Waals surface area (Å²) in [6.07, 6.45) is 5.53. The van der Waals surface area contributed by atoms with Crippen molar-refractivity contribution in [3.05, 3.63) is 0 Å². The third-order valence-electron chi connectivity index (χ3n) is 4.53. The number of nitrogens with one attached hydrogen (secondary N) is 1. The Morgan fingerprint density at radius 3 is 2.47 bits per heavy atom. The van der Waals surface area contributed by atoms with Crippen molar-refractivity contribution in [1.82, 2.24) is 10.2 Å². The van der Waals surface area contributed by atoms with E-state index in [-0.39, 0.29) is 0 Å². The van der Waals surface area contributed by atoms with Gasteiger partial charge in [-0.1, -0.05) is 20.3 Å². The number of aliphatic carboxylic acids is 1. The molecule has 0 aliphatic heterocycles. The largest absolute Gasteiger partial charge is 0.480 e. The van der Waals surface area contributed by atoms with Crippen LogP contribution < -0.4 is 5.32 Å². The molecule has 4 nitrogen and oxygen atoms in total. The van der Waals surface area contributed by atoms with Crippen LogP contribution in [0.2, 0.25) is 0 Å². The molecule has 2 fully saturated rings. The molecule has 2 atom stereocenters. The Bertz CT molecular complexity index is 326. The minimum Gasteiger partial charge on any atom is -0.480 e. The molecule has 2 aliphatic rings. The molecule has 0 spiro atoms. The number of carboxylic acid groups (broad SMARTS) is 1. The Morgan fingerprint density at radius 2 is 2.05 bits per heavy atom. The van der Waals surface area contributed by atoms with E-state index in [4.69, 9.17) is 0 Å². The highest BCUT2D eigenvalue weighted by Gasteiger charge is 2.53. The smallest absolute Gasteiger partial charge is 0.325 e. The fourth-order valence-corrected chi connectivity index (χ4v) is 2.92. The highest BCUT2D eigenvalue weighted by molar-refractivity contribution is 5.80. The fraction of sp³-hybridized carbons (Fsp3) is 0.933. The van der Waals surface area contributed by atoms with Crippen LogP contribution in [0.25, 0.3) is 0 Å². The molecule has 0 aromatic rings. The van der Waals surface area contributed by atoms with E-state index in [0.717, 1.165) is 38.6 Å². The van der Waals surface area contributed by atoms with Crippen LogP contribution in [0.15, 0.2) is 0 Å². The van der Waals surface area contributed by atoms with Gasteiger partial charge in [0, 0.05) is 19.1 Å². The van der Waals surface area contributed by atoms with Crippen LogP contribution in [0.3, 0.4) is 0 Å². The monoisotopic (exact) mass is 268 g/mol. The van der Waals surface area contributed by atoms with Crippen LogP contribution in [0.5, 0.6) is 0 Å². The van der Waals surface area contributed by atoms with Crippen molar-refractivity contribution < 1.29 is 9.90 Å². The first-order valence-electron chi connectivity index (χ1n) is 7.67. The van der Waals surface area contributed by atoms with Gasteiger partial charge in [0.15, 0.2) is 0 Å². The molecule has 0 radical (unpaired) electrons. The quantitative estimate of drug-likeness (QED) is 0.671. The number of rotatable bonds is 9. The van der Waals surface area contributed by atoms with Gasteiger partial charge in [-0.05, 0) is 44.6 Å². The minimum absolute atomic E-state index is 0.324. The molecule has 0 bridgehead atoms. The predicted octanol–water partition coefficient (Wildman–Crippen LogP) is 1.95. The second kappa shape index (κ2) is 5.80. The van der Waals surface area contributed by atoms with Gasteiger partial charge in [0.1, 0.15) is 5.54 Å². The van der Waals surface area contributed by atoms with Gasteiger partial charge in [0.2, 0.25) is 0 Å². The van der Waals surface area contributed by atoms with Crippen molar-refractivity contribution in [1.29, 1.82) is 0 Å². The lowest BCUT2D eigenvalue weighted by molar-refractivity contribution is -0.147. The Hall–Kier alpha value is -0.610. The highest BCUT2D eigenvalue weighted by atomic mass is 16.4. The zero-order valence-corrected chi connectivity index (χ0v) is 12.5. The average molecular weight is 268 g/mol. The fourth-order valence-electron chi connectivity index (χ4n) is 2.92. The molecular weight excluding hydrogens is 240 g/mol. The zero-order valence-electron chi connectivity index (χ0n) is 12.5. The Balaban J connectivity index is 2.01. The molecule has 2 aliphatic carbocycles. The van der Waals surface area contributed by atoms with Gasteiger partial charge < -0.3 is 10.0 Å². The number of carboxylic acids is 1. The standard InChI is InChI=1S/C15H28N2O2/c1-4-11(2)9-17(3)10-15(14(18)19,12-5-6-12)16-13-7-8-13/h11-13,16H,4-10H2,1-3H3,(H,18,19). The van der Waals surface area contributed by atoms with Gasteiger partial charge >= 0.3 is 5.97 Å². The van der Waals surface area contributed by atoms with Gasteiger partial charge in [-0.15, -0.1) is 0 Å². The van der Waals surface area contributed by atoms with Gasteiger partial charge in [0.05, 0.1) is 0 Å². The van der Waals surface area contributed by atoms with E-state index in [1.54, 1.807) is 0 Å². The molecular formula is C15H28N2O2. The van der Waals surface area contributed by atoms with Crippen molar-refractivity contribution >= 4 is 5.97 Å². The van der Waals surface area contributed by atoms with Gasteiger partial charge in [-0.3, -0.25) is 10.1 Å². The topological polar surface area (TPSA) is 52.6 Å². The number of likely N-dealkylation sites (N-methyl/N-ethyl adjacent to an activating group) is 1. The van der Waals surface area contributed by atoms with Crippen LogP contribution in [0, 0.1) is 11.8 Å². The maximum Gasteiger partial charge on any atom is 0.325 e. The summed E-state index contributed by atoms with van der Waals surface area (Å²) in [7, 11) is 2.06. The van der Waals surface area contributed by atoms with Crippen LogP contribution in [0.1, 0.15) is 46.0 Å². The Morgan fingerprint density at radius 1 is 1.42 bits per heavy atom. The SMILES string of the molecule is CCC(C)CN(C)CC(NC1CC1)(C(=O)O)C1CC1. The highest BCUT2D eigenvalue weighted by Crippen LogP contribution is 2.42. The van der Waals surface area contributed by atoms with E-state index in [1.807, 2.05) is 0 Å². The van der Waals surface area contributed by atoms with Crippen LogP contribution in [-0.2, 0) is 4.79 Å². The third kappa shape index (κ3) is 3.69. The molecule has 2 rings (SSSR count). The van der Waals surface area contributed by atoms with Crippen molar-refractivity contribution in [3.8, 4) is 0 Å². The Labute approximate surface area is 116 Å². The van der Waals surface area contributed by atoms with Crippen LogP contribution in [-0.4, -0.2) is 47.7 Å². The lowest BCUT2D eigenvalue weighted by Crippen LogP contribution is -2.61.